The van der Waals surface area contributed by atoms with Crippen LogP contribution in [0.3, 0.4) is 0 Å². The van der Waals surface area contributed by atoms with Crippen LogP contribution in [0.2, 0.25) is 5.02 Å². The summed E-state index contributed by atoms with van der Waals surface area (Å²) in [7, 11) is 0. The Morgan fingerprint density at radius 1 is 1.29 bits per heavy atom. The van der Waals surface area contributed by atoms with E-state index < -0.39 is 0 Å². The minimum absolute atomic E-state index is 0.187. The first-order valence-electron chi connectivity index (χ1n) is 4.53. The second kappa shape index (κ2) is 4.76. The largest absolute Gasteiger partial charge is 0.205 e. The molecular formula is C11H12ClFS. The lowest BCUT2D eigenvalue weighted by Gasteiger charge is -1.89. The predicted octanol–water partition coefficient (Wildman–Crippen LogP) is 5.03. The summed E-state index contributed by atoms with van der Waals surface area (Å²) in [5.41, 5.74) is 0. The molecule has 2 rings (SSSR count). The van der Waals surface area contributed by atoms with E-state index in [2.05, 4.69) is 0 Å². The summed E-state index contributed by atoms with van der Waals surface area (Å²) in [6.45, 7) is 5.90. The third kappa shape index (κ3) is 1.91. The van der Waals surface area contributed by atoms with Crippen molar-refractivity contribution >= 4 is 33.0 Å². The number of hydrogen-bond donors (Lipinski definition) is 0. The Morgan fingerprint density at radius 2 is 1.93 bits per heavy atom. The van der Waals surface area contributed by atoms with Gasteiger partial charge in [-0.1, -0.05) is 37.6 Å². The molecule has 0 aliphatic rings. The molecule has 14 heavy (non-hydrogen) atoms. The molecule has 0 bridgehead atoms. The van der Waals surface area contributed by atoms with Crippen molar-refractivity contribution in [2.45, 2.75) is 20.8 Å². The molecule has 0 aliphatic carbocycles. The van der Waals surface area contributed by atoms with Gasteiger partial charge in [0.25, 0.3) is 0 Å². The zero-order chi connectivity index (χ0) is 10.7. The zero-order valence-electron chi connectivity index (χ0n) is 8.40. The fraction of sp³-hybridized carbons (Fsp3) is 0.273. The predicted molar refractivity (Wildman–Crippen MR) is 62.9 cm³/mol. The van der Waals surface area contributed by atoms with Crippen LogP contribution in [0.1, 0.15) is 18.7 Å². The van der Waals surface area contributed by atoms with Crippen LogP contribution in [0.5, 0.6) is 0 Å². The molecule has 0 nitrogen and oxygen atoms in total. The normalized spacial score (nSPS) is 9.79. The van der Waals surface area contributed by atoms with E-state index in [0.717, 1.165) is 10.3 Å². The van der Waals surface area contributed by atoms with Crippen molar-refractivity contribution in [1.29, 1.82) is 0 Å². The van der Waals surface area contributed by atoms with Crippen LogP contribution in [-0.4, -0.2) is 0 Å². The highest BCUT2D eigenvalue weighted by Gasteiger charge is 2.08. The second-order valence-corrected chi connectivity index (χ2v) is 4.19. The number of halogens is 2. The maximum absolute atomic E-state index is 13.1. The Kier molecular flexibility index (Phi) is 3.90. The highest BCUT2D eigenvalue weighted by atomic mass is 35.5. The van der Waals surface area contributed by atoms with E-state index in [1.807, 2.05) is 26.8 Å². The number of hydrogen-bond acceptors (Lipinski definition) is 1. The van der Waals surface area contributed by atoms with Gasteiger partial charge in [-0.25, -0.2) is 4.39 Å². The molecular weight excluding hydrogens is 219 g/mol. The topological polar surface area (TPSA) is 0 Å². The summed E-state index contributed by atoms with van der Waals surface area (Å²) in [4.78, 5) is 0.969. The monoisotopic (exact) mass is 230 g/mol. The summed E-state index contributed by atoms with van der Waals surface area (Å²) in [5.74, 6) is -0.187. The molecule has 0 atom stereocenters. The van der Waals surface area contributed by atoms with Gasteiger partial charge in [-0.2, -0.15) is 0 Å². The van der Waals surface area contributed by atoms with Gasteiger partial charge >= 0.3 is 0 Å². The van der Waals surface area contributed by atoms with Crippen LogP contribution in [-0.2, 0) is 0 Å². The molecule has 1 aromatic carbocycles. The molecule has 1 aromatic heterocycles. The van der Waals surface area contributed by atoms with Gasteiger partial charge in [-0.3, -0.25) is 0 Å². The molecule has 0 fully saturated rings. The lowest BCUT2D eigenvalue weighted by Crippen LogP contribution is -1.70. The average molecular weight is 231 g/mol. The fourth-order valence-corrected chi connectivity index (χ4v) is 2.45. The quantitative estimate of drug-likeness (QED) is 0.596. The molecule has 3 heteroatoms. The van der Waals surface area contributed by atoms with Crippen LogP contribution in [0.4, 0.5) is 4.39 Å². The van der Waals surface area contributed by atoms with Crippen molar-refractivity contribution in [2.24, 2.45) is 0 Å². The molecule has 0 N–H and O–H groups in total. The Morgan fingerprint density at radius 3 is 2.50 bits per heavy atom. The number of aryl methyl sites for hydroxylation is 1. The molecule has 0 saturated carbocycles. The fourth-order valence-electron chi connectivity index (χ4n) is 1.17. The summed E-state index contributed by atoms with van der Waals surface area (Å²) >= 11 is 7.36. The lowest BCUT2D eigenvalue weighted by molar-refractivity contribution is 0.642. The maximum atomic E-state index is 13.1. The van der Waals surface area contributed by atoms with E-state index in [9.17, 15) is 4.39 Å². The number of fused-ring (bicyclic) bond motifs is 1. The Labute approximate surface area is 92.3 Å². The van der Waals surface area contributed by atoms with Gasteiger partial charge in [0.15, 0.2) is 0 Å². The SMILES string of the molecule is CC.Cc1sc2c(F)cccc2c1Cl. The van der Waals surface area contributed by atoms with Gasteiger partial charge in [0.1, 0.15) is 5.82 Å². The lowest BCUT2D eigenvalue weighted by atomic mass is 10.2. The molecule has 1 heterocycles. The van der Waals surface area contributed by atoms with Crippen molar-refractivity contribution in [1.82, 2.24) is 0 Å². The third-order valence-corrected chi connectivity index (χ3v) is 3.50. The van der Waals surface area contributed by atoms with Gasteiger partial charge in [0, 0.05) is 10.3 Å². The van der Waals surface area contributed by atoms with Crippen LogP contribution in [0, 0.1) is 12.7 Å². The van der Waals surface area contributed by atoms with Crippen LogP contribution >= 0.6 is 22.9 Å². The van der Waals surface area contributed by atoms with Crippen molar-refractivity contribution in [3.8, 4) is 0 Å². The molecule has 0 aliphatic heterocycles. The van der Waals surface area contributed by atoms with E-state index >= 15 is 0 Å². The highest BCUT2D eigenvalue weighted by molar-refractivity contribution is 7.19. The molecule has 2 aromatic rings. The summed E-state index contributed by atoms with van der Waals surface area (Å²) in [6, 6.07) is 4.97. The van der Waals surface area contributed by atoms with Gasteiger partial charge in [0.05, 0.1) is 9.72 Å². The first kappa shape index (κ1) is 11.5. The average Bonchev–Trinajstić information content (AvgIpc) is 2.50. The van der Waals surface area contributed by atoms with E-state index in [1.54, 1.807) is 6.07 Å². The third-order valence-electron chi connectivity index (χ3n) is 1.77. The molecule has 76 valence electrons. The summed E-state index contributed by atoms with van der Waals surface area (Å²) in [6.07, 6.45) is 0. The number of rotatable bonds is 0. The minimum Gasteiger partial charge on any atom is -0.205 e. The molecule has 0 spiro atoms. The Bertz CT molecular complexity index is 434. The zero-order valence-corrected chi connectivity index (χ0v) is 9.97. The van der Waals surface area contributed by atoms with Gasteiger partial charge < -0.3 is 0 Å². The molecule has 0 unspecified atom stereocenters. The van der Waals surface area contributed by atoms with Crippen molar-refractivity contribution < 1.29 is 4.39 Å². The summed E-state index contributed by atoms with van der Waals surface area (Å²) < 4.78 is 13.8. The van der Waals surface area contributed by atoms with Gasteiger partial charge in [-0.15, -0.1) is 11.3 Å². The van der Waals surface area contributed by atoms with Crippen LogP contribution < -0.4 is 0 Å². The smallest absolute Gasteiger partial charge is 0.141 e. The number of benzene rings is 1. The molecule has 0 radical (unpaired) electrons. The van der Waals surface area contributed by atoms with Crippen LogP contribution in [0.25, 0.3) is 10.1 Å². The first-order valence-corrected chi connectivity index (χ1v) is 5.72. The van der Waals surface area contributed by atoms with Crippen molar-refractivity contribution in [2.75, 3.05) is 0 Å². The first-order chi connectivity index (χ1) is 6.70. The minimum atomic E-state index is -0.187. The maximum Gasteiger partial charge on any atom is 0.141 e. The van der Waals surface area contributed by atoms with Gasteiger partial charge in [-0.05, 0) is 13.0 Å². The van der Waals surface area contributed by atoms with Crippen molar-refractivity contribution in [3.63, 3.8) is 0 Å². The Hall–Kier alpha value is -0.600. The van der Waals surface area contributed by atoms with E-state index in [1.165, 1.54) is 17.4 Å². The van der Waals surface area contributed by atoms with E-state index in [4.69, 9.17) is 11.6 Å². The number of thiophene rings is 1. The highest BCUT2D eigenvalue weighted by Crippen LogP contribution is 2.35. The van der Waals surface area contributed by atoms with E-state index in [-0.39, 0.29) is 5.82 Å². The van der Waals surface area contributed by atoms with Crippen LogP contribution in [0.15, 0.2) is 18.2 Å². The van der Waals surface area contributed by atoms with E-state index in [0.29, 0.717) is 9.72 Å². The standard InChI is InChI=1S/C9H6ClFS.C2H6/c1-5-8(10)6-3-2-4-7(11)9(6)12-5;1-2/h2-4H,1H3;1-2H3. The van der Waals surface area contributed by atoms with Crippen molar-refractivity contribution in [3.05, 3.63) is 33.9 Å². The molecule has 0 amide bonds. The summed E-state index contributed by atoms with van der Waals surface area (Å²) in [5, 5.41) is 1.49. The van der Waals surface area contributed by atoms with Gasteiger partial charge in [0.2, 0.25) is 0 Å². The molecule has 0 saturated heterocycles. The second-order valence-electron chi connectivity index (χ2n) is 2.59. The Balaban J connectivity index is 0.000000461.